The first-order valence-electron chi connectivity index (χ1n) is 9.54. The molecular weight excluding hydrogens is 420 g/mol. The predicted octanol–water partition coefficient (Wildman–Crippen LogP) is 3.64. The second-order valence-electron chi connectivity index (χ2n) is 7.06. The second-order valence-corrected chi connectivity index (χ2v) is 8.74. The summed E-state index contributed by atoms with van der Waals surface area (Å²) in [5, 5.41) is 0. The Labute approximate surface area is 179 Å². The molecule has 0 saturated carbocycles. The van der Waals surface area contributed by atoms with Crippen molar-refractivity contribution in [2.45, 2.75) is 4.90 Å². The number of amides is 1. The van der Waals surface area contributed by atoms with Gasteiger partial charge in [0.15, 0.2) is 17.2 Å². The second kappa shape index (κ2) is 7.21. The zero-order valence-corrected chi connectivity index (χ0v) is 17.3. The van der Waals surface area contributed by atoms with Gasteiger partial charge < -0.3 is 19.1 Å². The molecule has 0 aromatic heterocycles. The van der Waals surface area contributed by atoms with Gasteiger partial charge in [-0.3, -0.25) is 9.52 Å². The Balaban J connectivity index is 1.47. The van der Waals surface area contributed by atoms with Crippen molar-refractivity contribution in [3.05, 3.63) is 66.2 Å². The number of nitrogens with zero attached hydrogens (tertiary/aromatic N) is 1. The van der Waals surface area contributed by atoms with Crippen molar-refractivity contribution >= 4 is 27.3 Å². The predicted molar refractivity (Wildman–Crippen MR) is 114 cm³/mol. The molecule has 2 aliphatic heterocycles. The first-order valence-corrected chi connectivity index (χ1v) is 11.0. The Morgan fingerprint density at radius 1 is 0.871 bits per heavy atom. The van der Waals surface area contributed by atoms with Crippen LogP contribution in [0, 0.1) is 0 Å². The van der Waals surface area contributed by atoms with Gasteiger partial charge in [-0.05, 0) is 42.5 Å². The average Bonchev–Trinajstić information content (AvgIpc) is 2.88. The van der Waals surface area contributed by atoms with E-state index in [9.17, 15) is 13.2 Å². The number of hydrogen-bond donors (Lipinski definition) is 1. The molecule has 0 unspecified atom stereocenters. The summed E-state index contributed by atoms with van der Waals surface area (Å²) in [5.74, 6) is 1.46. The Morgan fingerprint density at radius 2 is 1.61 bits per heavy atom. The van der Waals surface area contributed by atoms with E-state index in [-0.39, 0.29) is 22.1 Å². The van der Waals surface area contributed by atoms with Crippen LogP contribution in [-0.4, -0.2) is 34.6 Å². The zero-order valence-electron chi connectivity index (χ0n) is 16.5. The summed E-state index contributed by atoms with van der Waals surface area (Å²) >= 11 is 0. The van der Waals surface area contributed by atoms with E-state index in [0.717, 1.165) is 0 Å². The first kappa shape index (κ1) is 19.3. The lowest BCUT2D eigenvalue weighted by Gasteiger charge is -2.19. The molecule has 5 rings (SSSR count). The first-order chi connectivity index (χ1) is 14.9. The zero-order chi connectivity index (χ0) is 21.6. The van der Waals surface area contributed by atoms with Crippen molar-refractivity contribution in [1.29, 1.82) is 0 Å². The van der Waals surface area contributed by atoms with Gasteiger partial charge in [0.25, 0.3) is 15.9 Å². The Hall–Kier alpha value is -3.72. The number of benzene rings is 3. The van der Waals surface area contributed by atoms with Crippen molar-refractivity contribution in [1.82, 2.24) is 0 Å². The summed E-state index contributed by atoms with van der Waals surface area (Å²) in [6, 6.07) is 16.2. The minimum atomic E-state index is -3.92. The van der Waals surface area contributed by atoms with Crippen LogP contribution >= 0.6 is 0 Å². The van der Waals surface area contributed by atoms with Crippen LogP contribution in [0.4, 0.5) is 11.4 Å². The van der Waals surface area contributed by atoms with E-state index in [0.29, 0.717) is 41.9 Å². The summed E-state index contributed by atoms with van der Waals surface area (Å²) in [5.41, 5.74) is 1.12. The number of rotatable bonds is 3. The van der Waals surface area contributed by atoms with Crippen molar-refractivity contribution < 1.29 is 27.4 Å². The van der Waals surface area contributed by atoms with Crippen LogP contribution in [0.5, 0.6) is 23.0 Å². The summed E-state index contributed by atoms with van der Waals surface area (Å²) in [6.07, 6.45) is 0. The van der Waals surface area contributed by atoms with Gasteiger partial charge in [-0.25, -0.2) is 8.42 Å². The molecule has 9 heteroatoms. The summed E-state index contributed by atoms with van der Waals surface area (Å²) in [6.45, 7) is 0.771. The molecule has 3 aromatic carbocycles. The van der Waals surface area contributed by atoms with Gasteiger partial charge >= 0.3 is 0 Å². The average molecular weight is 438 g/mol. The maximum absolute atomic E-state index is 13.0. The van der Waals surface area contributed by atoms with E-state index in [1.54, 1.807) is 37.4 Å². The molecule has 0 radical (unpaired) electrons. The SMILES string of the molecule is CN1C(=O)c2cc(NS(=O)(=O)c3ccc4c(c3)OCCO4)ccc2Oc2ccccc21. The molecule has 2 heterocycles. The number of para-hydroxylation sites is 2. The van der Waals surface area contributed by atoms with Crippen LogP contribution < -0.4 is 23.8 Å². The molecule has 1 N–H and O–H groups in total. The maximum atomic E-state index is 13.0. The van der Waals surface area contributed by atoms with E-state index < -0.39 is 10.0 Å². The Kier molecular flexibility index (Phi) is 4.48. The summed E-state index contributed by atoms with van der Waals surface area (Å²) in [7, 11) is -2.27. The molecule has 2 aliphatic rings. The third kappa shape index (κ3) is 3.42. The number of nitrogens with one attached hydrogen (secondary N) is 1. The normalized spacial score (nSPS) is 14.7. The minimum absolute atomic E-state index is 0.0267. The van der Waals surface area contributed by atoms with Crippen LogP contribution in [0.2, 0.25) is 0 Å². The minimum Gasteiger partial charge on any atom is -0.486 e. The lowest BCUT2D eigenvalue weighted by molar-refractivity contribution is 0.0993. The molecular formula is C22H18N2O6S. The van der Waals surface area contributed by atoms with Gasteiger partial charge in [0.1, 0.15) is 19.0 Å². The van der Waals surface area contributed by atoms with Gasteiger partial charge in [-0.2, -0.15) is 0 Å². The highest BCUT2D eigenvalue weighted by atomic mass is 32.2. The van der Waals surface area contributed by atoms with Gasteiger partial charge in [0.2, 0.25) is 0 Å². The lowest BCUT2D eigenvalue weighted by atomic mass is 10.1. The monoisotopic (exact) mass is 438 g/mol. The number of fused-ring (bicyclic) bond motifs is 3. The number of hydrogen-bond acceptors (Lipinski definition) is 6. The quantitative estimate of drug-likeness (QED) is 0.671. The van der Waals surface area contributed by atoms with E-state index in [1.807, 2.05) is 12.1 Å². The fraction of sp³-hybridized carbons (Fsp3) is 0.136. The molecule has 0 aliphatic carbocycles. The molecule has 0 fully saturated rings. The van der Waals surface area contributed by atoms with Gasteiger partial charge in [0.05, 0.1) is 16.1 Å². The van der Waals surface area contributed by atoms with Crippen LogP contribution in [0.3, 0.4) is 0 Å². The van der Waals surface area contributed by atoms with Gasteiger partial charge in [0, 0.05) is 18.8 Å². The molecule has 0 saturated heterocycles. The fourth-order valence-corrected chi connectivity index (χ4v) is 4.55. The Morgan fingerprint density at radius 3 is 2.45 bits per heavy atom. The van der Waals surface area contributed by atoms with E-state index in [1.165, 1.54) is 23.1 Å². The van der Waals surface area contributed by atoms with Gasteiger partial charge in [-0.1, -0.05) is 12.1 Å². The highest BCUT2D eigenvalue weighted by Crippen LogP contribution is 2.39. The molecule has 8 nitrogen and oxygen atoms in total. The number of sulfonamides is 1. The topological polar surface area (TPSA) is 94.2 Å². The van der Waals surface area contributed by atoms with Crippen molar-refractivity contribution in [2.24, 2.45) is 0 Å². The summed E-state index contributed by atoms with van der Waals surface area (Å²) in [4.78, 5) is 14.5. The molecule has 3 aromatic rings. The highest BCUT2D eigenvalue weighted by molar-refractivity contribution is 7.92. The van der Waals surface area contributed by atoms with Crippen molar-refractivity contribution in [3.63, 3.8) is 0 Å². The third-order valence-corrected chi connectivity index (χ3v) is 6.42. The molecule has 0 atom stereocenters. The molecule has 0 bridgehead atoms. The van der Waals surface area contributed by atoms with Crippen LogP contribution in [0.15, 0.2) is 65.6 Å². The number of ether oxygens (including phenoxy) is 3. The molecule has 0 spiro atoms. The number of anilines is 2. The molecule has 1 amide bonds. The molecule has 31 heavy (non-hydrogen) atoms. The van der Waals surface area contributed by atoms with Crippen LogP contribution in [-0.2, 0) is 10.0 Å². The van der Waals surface area contributed by atoms with E-state index in [2.05, 4.69) is 4.72 Å². The number of carbonyl (C=O) groups excluding carboxylic acids is 1. The van der Waals surface area contributed by atoms with Crippen molar-refractivity contribution in [3.8, 4) is 23.0 Å². The smallest absolute Gasteiger partial charge is 0.262 e. The van der Waals surface area contributed by atoms with Crippen LogP contribution in [0.25, 0.3) is 0 Å². The lowest BCUT2D eigenvalue weighted by Crippen LogP contribution is -2.25. The van der Waals surface area contributed by atoms with Crippen LogP contribution in [0.1, 0.15) is 10.4 Å². The maximum Gasteiger partial charge on any atom is 0.262 e. The summed E-state index contributed by atoms with van der Waals surface area (Å²) < 4.78 is 45.2. The fourth-order valence-electron chi connectivity index (χ4n) is 3.48. The largest absolute Gasteiger partial charge is 0.486 e. The highest BCUT2D eigenvalue weighted by Gasteiger charge is 2.27. The standard InChI is InChI=1S/C22H18N2O6S/c1-24-17-4-2-3-5-19(17)30-18-8-6-14(12-16(18)22(24)25)23-31(26,27)15-7-9-20-21(13-15)29-11-10-28-20/h2-9,12-13,23H,10-11H2,1H3. The number of carbonyl (C=O) groups is 1. The third-order valence-electron chi connectivity index (χ3n) is 5.04. The van der Waals surface area contributed by atoms with Crippen molar-refractivity contribution in [2.75, 3.05) is 29.9 Å². The van der Waals surface area contributed by atoms with E-state index in [4.69, 9.17) is 14.2 Å². The van der Waals surface area contributed by atoms with Gasteiger partial charge in [-0.15, -0.1) is 0 Å². The molecule has 158 valence electrons. The van der Waals surface area contributed by atoms with E-state index >= 15 is 0 Å². The Bertz CT molecular complexity index is 1310.